The molecule has 1 aromatic carbocycles. The maximum atomic E-state index is 12.9. The lowest BCUT2D eigenvalue weighted by atomic mass is 10.3. The van der Waals surface area contributed by atoms with Gasteiger partial charge in [0.1, 0.15) is 0 Å². The van der Waals surface area contributed by atoms with Crippen LogP contribution in [0.1, 0.15) is 4.88 Å². The number of hydrogen-bond acceptors (Lipinski definition) is 7. The highest BCUT2D eigenvalue weighted by atomic mass is 79.9. The summed E-state index contributed by atoms with van der Waals surface area (Å²) >= 11 is 5.94. The number of carbonyl (C=O) groups excluding carboxylic acids is 1. The van der Waals surface area contributed by atoms with Crippen molar-refractivity contribution in [2.24, 2.45) is 0 Å². The van der Waals surface area contributed by atoms with Gasteiger partial charge in [-0.25, -0.2) is 4.98 Å². The fourth-order valence-electron chi connectivity index (χ4n) is 2.38. The average molecular weight is 518 g/mol. The molecule has 0 aliphatic heterocycles. The number of likely N-dealkylation sites (N-methyl/N-ethyl adjacent to an activating group) is 1. The Hall–Kier alpha value is -1.85. The number of benzene rings is 1. The topological polar surface area (TPSA) is 79.6 Å². The standard InChI is InChI=1S/C18H17BrN4O3S2.ClH/c1-21(2)9-10-22(18-20-14-6-3-12(19)11-15(14)28-18)16(24)7-4-13-5-8-17(27-13)23(25)26;/h3-8,11H,9-10H2,1-2H3;1H. The number of thiazole rings is 1. The molecule has 0 fully saturated rings. The molecule has 2 heterocycles. The lowest BCUT2D eigenvalue weighted by Gasteiger charge is -2.20. The average Bonchev–Trinajstić information content (AvgIpc) is 3.26. The summed E-state index contributed by atoms with van der Waals surface area (Å²) in [5, 5.41) is 11.5. The predicted molar refractivity (Wildman–Crippen MR) is 125 cm³/mol. The van der Waals surface area contributed by atoms with Gasteiger partial charge in [-0.3, -0.25) is 19.8 Å². The van der Waals surface area contributed by atoms with Crippen LogP contribution in [-0.2, 0) is 4.79 Å². The molecule has 154 valence electrons. The molecule has 0 bridgehead atoms. The van der Waals surface area contributed by atoms with Crippen molar-refractivity contribution < 1.29 is 9.72 Å². The van der Waals surface area contributed by atoms with Crippen molar-refractivity contribution in [1.29, 1.82) is 0 Å². The zero-order chi connectivity index (χ0) is 20.3. The van der Waals surface area contributed by atoms with E-state index < -0.39 is 4.92 Å². The van der Waals surface area contributed by atoms with Crippen LogP contribution in [0.3, 0.4) is 0 Å². The fourth-order valence-corrected chi connectivity index (χ4v) is 4.65. The second kappa shape index (κ2) is 10.3. The first-order valence-corrected chi connectivity index (χ1v) is 10.7. The van der Waals surface area contributed by atoms with E-state index in [1.165, 1.54) is 23.5 Å². The first-order valence-electron chi connectivity index (χ1n) is 8.28. The third kappa shape index (κ3) is 6.06. The quantitative estimate of drug-likeness (QED) is 0.249. The van der Waals surface area contributed by atoms with Crippen LogP contribution in [0.4, 0.5) is 10.1 Å². The van der Waals surface area contributed by atoms with Crippen molar-refractivity contribution in [2.75, 3.05) is 32.1 Å². The Kier molecular flexibility index (Phi) is 8.29. The summed E-state index contributed by atoms with van der Waals surface area (Å²) in [5.74, 6) is -0.212. The van der Waals surface area contributed by atoms with Gasteiger partial charge in [-0.2, -0.15) is 0 Å². The normalized spacial score (nSPS) is 11.2. The Balaban J connectivity index is 0.00000300. The molecule has 3 rings (SSSR count). The van der Waals surface area contributed by atoms with E-state index in [0.29, 0.717) is 23.1 Å². The summed E-state index contributed by atoms with van der Waals surface area (Å²) in [6.45, 7) is 1.17. The van der Waals surface area contributed by atoms with Crippen molar-refractivity contribution in [1.82, 2.24) is 9.88 Å². The van der Waals surface area contributed by atoms with E-state index in [0.717, 1.165) is 26.0 Å². The fraction of sp³-hybridized carbons (Fsp3) is 0.222. The Bertz CT molecular complexity index is 1050. The molecule has 0 aliphatic carbocycles. The van der Waals surface area contributed by atoms with Crippen molar-refractivity contribution in [2.45, 2.75) is 0 Å². The van der Waals surface area contributed by atoms with Crippen molar-refractivity contribution in [3.63, 3.8) is 0 Å². The third-order valence-corrected chi connectivity index (χ3v) is 6.33. The number of aromatic nitrogens is 1. The van der Waals surface area contributed by atoms with Gasteiger partial charge in [-0.15, -0.1) is 12.4 Å². The van der Waals surface area contributed by atoms with Crippen LogP contribution in [0, 0.1) is 10.1 Å². The van der Waals surface area contributed by atoms with E-state index in [1.807, 2.05) is 37.2 Å². The predicted octanol–water partition coefficient (Wildman–Crippen LogP) is 5.06. The molecular weight excluding hydrogens is 500 g/mol. The minimum Gasteiger partial charge on any atom is -0.308 e. The summed E-state index contributed by atoms with van der Waals surface area (Å²) < 4.78 is 1.95. The summed E-state index contributed by atoms with van der Waals surface area (Å²) in [4.78, 5) is 32.1. The van der Waals surface area contributed by atoms with Gasteiger partial charge < -0.3 is 4.90 Å². The van der Waals surface area contributed by atoms with E-state index >= 15 is 0 Å². The maximum Gasteiger partial charge on any atom is 0.324 e. The van der Waals surface area contributed by atoms with Crippen LogP contribution in [0.5, 0.6) is 0 Å². The maximum absolute atomic E-state index is 12.9. The Labute approximate surface area is 190 Å². The smallest absolute Gasteiger partial charge is 0.308 e. The van der Waals surface area contributed by atoms with Gasteiger partial charge in [-0.05, 0) is 44.4 Å². The van der Waals surface area contributed by atoms with Crippen molar-refractivity contribution in [3.05, 3.63) is 55.9 Å². The number of anilines is 1. The zero-order valence-electron chi connectivity index (χ0n) is 15.6. The SMILES string of the molecule is CN(C)CCN(C(=O)C=Cc1ccc([N+](=O)[O-])s1)c1nc2ccc(Br)cc2s1.Cl. The second-order valence-electron chi connectivity index (χ2n) is 6.17. The van der Waals surface area contributed by atoms with Crippen LogP contribution >= 0.6 is 51.0 Å². The molecule has 0 saturated carbocycles. The molecule has 7 nitrogen and oxygen atoms in total. The molecule has 0 N–H and O–H groups in total. The number of carbonyl (C=O) groups is 1. The summed E-state index contributed by atoms with van der Waals surface area (Å²) in [5.41, 5.74) is 0.837. The summed E-state index contributed by atoms with van der Waals surface area (Å²) in [6, 6.07) is 8.87. The van der Waals surface area contributed by atoms with Crippen LogP contribution in [-0.4, -0.2) is 47.9 Å². The first-order chi connectivity index (χ1) is 13.3. The Morgan fingerprint density at radius 3 is 2.66 bits per heavy atom. The van der Waals surface area contributed by atoms with E-state index in [1.54, 1.807) is 17.0 Å². The van der Waals surface area contributed by atoms with Gasteiger partial charge in [0.2, 0.25) is 0 Å². The molecular formula is C18H18BrClN4O3S2. The molecule has 0 spiro atoms. The Morgan fingerprint density at radius 1 is 1.24 bits per heavy atom. The first kappa shape index (κ1) is 23.4. The largest absolute Gasteiger partial charge is 0.324 e. The number of fused-ring (bicyclic) bond motifs is 1. The van der Waals surface area contributed by atoms with E-state index in [4.69, 9.17) is 0 Å². The van der Waals surface area contributed by atoms with E-state index in [-0.39, 0.29) is 23.3 Å². The molecule has 0 radical (unpaired) electrons. The number of thiophene rings is 1. The van der Waals surface area contributed by atoms with Crippen LogP contribution in [0.25, 0.3) is 16.3 Å². The zero-order valence-corrected chi connectivity index (χ0v) is 19.6. The monoisotopic (exact) mass is 516 g/mol. The highest BCUT2D eigenvalue weighted by Gasteiger charge is 2.18. The molecule has 0 saturated heterocycles. The number of nitro groups is 1. The molecule has 11 heteroatoms. The minimum absolute atomic E-state index is 0. The molecule has 0 unspecified atom stereocenters. The second-order valence-corrected chi connectivity index (χ2v) is 9.19. The third-order valence-electron chi connectivity index (χ3n) is 3.79. The highest BCUT2D eigenvalue weighted by Crippen LogP contribution is 2.31. The van der Waals surface area contributed by atoms with Crippen LogP contribution < -0.4 is 4.90 Å². The van der Waals surface area contributed by atoms with Gasteiger partial charge >= 0.3 is 5.00 Å². The Morgan fingerprint density at radius 2 is 2.00 bits per heavy atom. The van der Waals surface area contributed by atoms with Crippen LogP contribution in [0.2, 0.25) is 0 Å². The molecule has 3 aromatic rings. The molecule has 1 amide bonds. The highest BCUT2D eigenvalue weighted by molar-refractivity contribution is 9.10. The van der Waals surface area contributed by atoms with Crippen LogP contribution in [0.15, 0.2) is 40.9 Å². The van der Waals surface area contributed by atoms with Gasteiger partial charge in [-0.1, -0.05) is 38.6 Å². The summed E-state index contributed by atoms with van der Waals surface area (Å²) in [6.07, 6.45) is 3.04. The van der Waals surface area contributed by atoms with Gasteiger partial charge in [0.05, 0.1) is 15.1 Å². The van der Waals surface area contributed by atoms with E-state index in [2.05, 4.69) is 20.9 Å². The number of halogens is 2. The molecule has 29 heavy (non-hydrogen) atoms. The van der Waals surface area contributed by atoms with E-state index in [9.17, 15) is 14.9 Å². The van der Waals surface area contributed by atoms with Crippen molar-refractivity contribution in [3.8, 4) is 0 Å². The number of amides is 1. The molecule has 0 atom stereocenters. The lowest BCUT2D eigenvalue weighted by Crippen LogP contribution is -2.35. The molecule has 0 aliphatic rings. The number of rotatable bonds is 7. The van der Waals surface area contributed by atoms with Gasteiger partial charge in [0, 0.05) is 34.6 Å². The lowest BCUT2D eigenvalue weighted by molar-refractivity contribution is -0.380. The minimum atomic E-state index is -0.438. The molecule has 2 aromatic heterocycles. The van der Waals surface area contributed by atoms with Gasteiger partial charge in [0.25, 0.3) is 5.91 Å². The number of nitrogens with zero attached hydrogens (tertiary/aromatic N) is 4. The number of hydrogen-bond donors (Lipinski definition) is 0. The van der Waals surface area contributed by atoms with Gasteiger partial charge in [0.15, 0.2) is 5.13 Å². The summed E-state index contributed by atoms with van der Waals surface area (Å²) in [7, 11) is 3.89. The van der Waals surface area contributed by atoms with Crippen molar-refractivity contribution >= 4 is 83.3 Å².